The fourth-order valence-corrected chi connectivity index (χ4v) is 2.38. The fraction of sp³-hybridized carbons (Fsp3) is 0.0588. The summed E-state index contributed by atoms with van der Waals surface area (Å²) in [5, 5.41) is 1.07. The molecule has 0 atom stereocenters. The first-order chi connectivity index (χ1) is 9.29. The van der Waals surface area contributed by atoms with Crippen molar-refractivity contribution in [1.82, 2.24) is 4.98 Å². The first kappa shape index (κ1) is 11.6. The number of aldehydes is 1. The fourth-order valence-electron chi connectivity index (χ4n) is 2.38. The smallest absolute Gasteiger partial charge is 0.150 e. The van der Waals surface area contributed by atoms with Crippen LogP contribution in [0.5, 0.6) is 0 Å². The standard InChI is InChI=1S/C17H13NO/c1-12-10-16(14-7-3-2-6-13(14)11-19)15-8-4-5-9-17(15)18-12/h2-11H,1H3. The Morgan fingerprint density at radius 1 is 0.947 bits per heavy atom. The molecule has 2 nitrogen and oxygen atoms in total. The van der Waals surface area contributed by atoms with Crippen LogP contribution in [0.15, 0.2) is 54.6 Å². The van der Waals surface area contributed by atoms with Gasteiger partial charge in [-0.2, -0.15) is 0 Å². The van der Waals surface area contributed by atoms with E-state index in [1.807, 2.05) is 61.5 Å². The van der Waals surface area contributed by atoms with Gasteiger partial charge in [0.15, 0.2) is 6.29 Å². The van der Waals surface area contributed by atoms with Crippen molar-refractivity contribution in [3.8, 4) is 11.1 Å². The van der Waals surface area contributed by atoms with Gasteiger partial charge < -0.3 is 0 Å². The molecule has 2 heteroatoms. The molecule has 0 aliphatic rings. The first-order valence-corrected chi connectivity index (χ1v) is 6.20. The molecule has 0 aliphatic heterocycles. The number of hydrogen-bond donors (Lipinski definition) is 0. The molecular weight excluding hydrogens is 234 g/mol. The van der Waals surface area contributed by atoms with Crippen molar-refractivity contribution in [1.29, 1.82) is 0 Å². The van der Waals surface area contributed by atoms with Crippen LogP contribution in [0.2, 0.25) is 0 Å². The Hall–Kier alpha value is -2.48. The lowest BCUT2D eigenvalue weighted by atomic mass is 9.96. The summed E-state index contributed by atoms with van der Waals surface area (Å²) in [5.41, 5.74) is 4.64. The number of para-hydroxylation sites is 1. The number of hydrogen-bond acceptors (Lipinski definition) is 2. The third kappa shape index (κ3) is 2.02. The Bertz CT molecular complexity index is 762. The van der Waals surface area contributed by atoms with Gasteiger partial charge in [0, 0.05) is 16.6 Å². The largest absolute Gasteiger partial charge is 0.298 e. The van der Waals surface area contributed by atoms with Crippen molar-refractivity contribution in [2.45, 2.75) is 6.92 Å². The molecule has 0 bridgehead atoms. The van der Waals surface area contributed by atoms with E-state index in [1.165, 1.54) is 0 Å². The van der Waals surface area contributed by atoms with Crippen LogP contribution < -0.4 is 0 Å². The zero-order valence-electron chi connectivity index (χ0n) is 10.6. The van der Waals surface area contributed by atoms with E-state index in [4.69, 9.17) is 0 Å². The zero-order valence-corrected chi connectivity index (χ0v) is 10.6. The third-order valence-corrected chi connectivity index (χ3v) is 3.22. The molecule has 0 N–H and O–H groups in total. The Kier molecular flexibility index (Phi) is 2.84. The van der Waals surface area contributed by atoms with E-state index in [0.29, 0.717) is 5.56 Å². The van der Waals surface area contributed by atoms with Crippen LogP contribution in [0.1, 0.15) is 16.1 Å². The Morgan fingerprint density at radius 2 is 1.68 bits per heavy atom. The first-order valence-electron chi connectivity index (χ1n) is 6.20. The summed E-state index contributed by atoms with van der Waals surface area (Å²) in [6.45, 7) is 1.97. The van der Waals surface area contributed by atoms with E-state index in [9.17, 15) is 4.79 Å². The second-order valence-electron chi connectivity index (χ2n) is 4.53. The maximum absolute atomic E-state index is 11.2. The van der Waals surface area contributed by atoms with Gasteiger partial charge in [0.2, 0.25) is 0 Å². The quantitative estimate of drug-likeness (QED) is 0.640. The van der Waals surface area contributed by atoms with Crippen molar-refractivity contribution < 1.29 is 4.79 Å². The molecule has 0 fully saturated rings. The van der Waals surface area contributed by atoms with Crippen molar-refractivity contribution >= 4 is 17.2 Å². The van der Waals surface area contributed by atoms with Crippen molar-refractivity contribution in [2.75, 3.05) is 0 Å². The van der Waals surface area contributed by atoms with Crippen LogP contribution in [0.3, 0.4) is 0 Å². The van der Waals surface area contributed by atoms with Crippen LogP contribution in [0.4, 0.5) is 0 Å². The van der Waals surface area contributed by atoms with Gasteiger partial charge in [0.05, 0.1) is 5.52 Å². The molecular formula is C17H13NO. The number of pyridine rings is 1. The van der Waals surface area contributed by atoms with Crippen molar-refractivity contribution in [2.24, 2.45) is 0 Å². The van der Waals surface area contributed by atoms with Gasteiger partial charge in [-0.3, -0.25) is 9.78 Å². The number of rotatable bonds is 2. The monoisotopic (exact) mass is 247 g/mol. The highest BCUT2D eigenvalue weighted by Gasteiger charge is 2.09. The SMILES string of the molecule is Cc1cc(-c2ccccc2C=O)c2ccccc2n1. The highest BCUT2D eigenvalue weighted by atomic mass is 16.1. The summed E-state index contributed by atoms with van der Waals surface area (Å²) in [6, 6.07) is 17.7. The Morgan fingerprint density at radius 3 is 2.53 bits per heavy atom. The molecule has 0 spiro atoms. The lowest BCUT2D eigenvalue weighted by molar-refractivity contribution is 0.112. The van der Waals surface area contributed by atoms with Crippen molar-refractivity contribution in [3.05, 3.63) is 65.9 Å². The zero-order chi connectivity index (χ0) is 13.2. The second kappa shape index (κ2) is 4.65. The van der Waals surface area contributed by atoms with Crippen molar-refractivity contribution in [3.63, 3.8) is 0 Å². The summed E-state index contributed by atoms with van der Waals surface area (Å²) >= 11 is 0. The van der Waals surface area contributed by atoms with E-state index in [2.05, 4.69) is 4.98 Å². The van der Waals surface area contributed by atoms with Crippen LogP contribution >= 0.6 is 0 Å². The van der Waals surface area contributed by atoms with E-state index < -0.39 is 0 Å². The van der Waals surface area contributed by atoms with E-state index in [-0.39, 0.29) is 0 Å². The molecule has 2 aromatic carbocycles. The maximum atomic E-state index is 11.2. The van der Waals surface area contributed by atoms with Crippen LogP contribution in [-0.2, 0) is 0 Å². The van der Waals surface area contributed by atoms with E-state index in [0.717, 1.165) is 34.0 Å². The average Bonchev–Trinajstić information content (AvgIpc) is 2.46. The van der Waals surface area contributed by atoms with Crippen LogP contribution in [0, 0.1) is 6.92 Å². The highest BCUT2D eigenvalue weighted by molar-refractivity contribution is 5.99. The van der Waals surface area contributed by atoms with Gasteiger partial charge in [-0.1, -0.05) is 42.5 Å². The average molecular weight is 247 g/mol. The number of aromatic nitrogens is 1. The minimum Gasteiger partial charge on any atom is -0.298 e. The van der Waals surface area contributed by atoms with Gasteiger partial charge in [-0.15, -0.1) is 0 Å². The molecule has 1 aromatic heterocycles. The topological polar surface area (TPSA) is 30.0 Å². The van der Waals surface area contributed by atoms with Gasteiger partial charge >= 0.3 is 0 Å². The molecule has 0 saturated heterocycles. The molecule has 0 amide bonds. The van der Waals surface area contributed by atoms with E-state index in [1.54, 1.807) is 0 Å². The molecule has 3 aromatic rings. The van der Waals surface area contributed by atoms with Crippen LogP contribution in [-0.4, -0.2) is 11.3 Å². The molecule has 92 valence electrons. The second-order valence-corrected chi connectivity index (χ2v) is 4.53. The van der Waals surface area contributed by atoms with Gasteiger partial charge in [0.1, 0.15) is 0 Å². The molecule has 0 radical (unpaired) electrons. The maximum Gasteiger partial charge on any atom is 0.150 e. The van der Waals surface area contributed by atoms with Gasteiger partial charge in [0.25, 0.3) is 0 Å². The third-order valence-electron chi connectivity index (χ3n) is 3.22. The van der Waals surface area contributed by atoms with Gasteiger partial charge in [-0.05, 0) is 30.2 Å². The number of carbonyl (C=O) groups excluding carboxylic acids is 1. The number of fused-ring (bicyclic) bond motifs is 1. The summed E-state index contributed by atoms with van der Waals surface area (Å²) in [7, 11) is 0. The molecule has 3 rings (SSSR count). The minimum absolute atomic E-state index is 0.707. The number of aryl methyl sites for hydroxylation is 1. The number of nitrogens with zero attached hydrogens (tertiary/aromatic N) is 1. The molecule has 0 saturated carbocycles. The highest BCUT2D eigenvalue weighted by Crippen LogP contribution is 2.30. The normalized spacial score (nSPS) is 10.6. The molecule has 0 unspecified atom stereocenters. The summed E-state index contributed by atoms with van der Waals surface area (Å²) < 4.78 is 0. The summed E-state index contributed by atoms with van der Waals surface area (Å²) in [4.78, 5) is 15.7. The van der Waals surface area contributed by atoms with Crippen LogP contribution in [0.25, 0.3) is 22.0 Å². The lowest BCUT2D eigenvalue weighted by Crippen LogP contribution is -1.91. The molecule has 0 aliphatic carbocycles. The predicted octanol–water partition coefficient (Wildman–Crippen LogP) is 4.02. The summed E-state index contributed by atoms with van der Waals surface area (Å²) in [6.07, 6.45) is 0.903. The Labute approximate surface area is 111 Å². The van der Waals surface area contributed by atoms with Gasteiger partial charge in [-0.25, -0.2) is 0 Å². The minimum atomic E-state index is 0.707. The number of carbonyl (C=O) groups is 1. The van der Waals surface area contributed by atoms with E-state index >= 15 is 0 Å². The molecule has 1 heterocycles. The Balaban J connectivity index is 2.39. The number of benzene rings is 2. The lowest BCUT2D eigenvalue weighted by Gasteiger charge is -2.10. The molecule has 19 heavy (non-hydrogen) atoms. The summed E-state index contributed by atoms with van der Waals surface area (Å²) in [5.74, 6) is 0. The predicted molar refractivity (Wildman–Crippen MR) is 77.3 cm³/mol.